The lowest BCUT2D eigenvalue weighted by molar-refractivity contribution is 0.280. The number of anilines is 3. The molecule has 1 aliphatic rings. The van der Waals surface area contributed by atoms with Crippen molar-refractivity contribution in [1.29, 1.82) is 0 Å². The molecule has 1 aliphatic heterocycles. The zero-order chi connectivity index (χ0) is 26.9. The van der Waals surface area contributed by atoms with E-state index in [2.05, 4.69) is 30.5 Å². The van der Waals surface area contributed by atoms with Crippen LogP contribution in [0.4, 0.5) is 26.2 Å². The molecule has 0 bridgehead atoms. The van der Waals surface area contributed by atoms with Crippen molar-refractivity contribution in [2.24, 2.45) is 0 Å². The number of hydrogen-bond donors (Lipinski definition) is 3. The van der Waals surface area contributed by atoms with Crippen LogP contribution in [0.2, 0.25) is 0 Å². The Morgan fingerprint density at radius 3 is 2.26 bits per heavy atom. The minimum absolute atomic E-state index is 0.145. The van der Waals surface area contributed by atoms with Crippen molar-refractivity contribution >= 4 is 17.5 Å². The van der Waals surface area contributed by atoms with Crippen molar-refractivity contribution in [3.05, 3.63) is 54.0 Å². The van der Waals surface area contributed by atoms with Crippen molar-refractivity contribution in [2.75, 3.05) is 50.7 Å². The first-order chi connectivity index (χ1) is 18.5. The van der Waals surface area contributed by atoms with Crippen LogP contribution in [0.15, 0.2) is 36.8 Å². The molecule has 0 amide bonds. The zero-order valence-electron chi connectivity index (χ0n) is 21.4. The Morgan fingerprint density at radius 1 is 1.00 bits per heavy atom. The highest BCUT2D eigenvalue weighted by Gasteiger charge is 2.21. The van der Waals surface area contributed by atoms with Gasteiger partial charge in [-0.05, 0) is 37.9 Å². The maximum absolute atomic E-state index is 14.5. The van der Waals surface area contributed by atoms with E-state index in [1.807, 2.05) is 12.1 Å². The molecule has 12 heteroatoms. The number of benzene rings is 1. The quantitative estimate of drug-likeness (QED) is 0.301. The molecule has 2 aromatic heterocycles. The second-order valence-electron chi connectivity index (χ2n) is 8.74. The molecule has 204 valence electrons. The van der Waals surface area contributed by atoms with Crippen LogP contribution in [0.1, 0.15) is 24.8 Å². The minimum atomic E-state index is -0.861. The highest BCUT2D eigenvalue weighted by atomic mass is 19.1. The summed E-state index contributed by atoms with van der Waals surface area (Å²) in [7, 11) is 2.57. The molecule has 3 N–H and O–H groups in total. The molecule has 1 aromatic carbocycles. The topological polar surface area (TPSA) is 114 Å². The number of halogens is 2. The fourth-order valence-corrected chi connectivity index (χ4v) is 4.15. The lowest BCUT2D eigenvalue weighted by Gasteiger charge is -2.33. The van der Waals surface area contributed by atoms with E-state index < -0.39 is 18.2 Å². The van der Waals surface area contributed by atoms with E-state index in [1.165, 1.54) is 26.6 Å². The average Bonchev–Trinajstić information content (AvgIpc) is 2.95. The number of nitrogens with zero attached hydrogens (tertiary/aromatic N) is 4. The van der Waals surface area contributed by atoms with Crippen molar-refractivity contribution in [3.8, 4) is 17.2 Å². The molecule has 0 aliphatic carbocycles. The molecular weight excluding hydrogens is 498 g/mol. The average molecular weight is 531 g/mol. The van der Waals surface area contributed by atoms with Crippen LogP contribution in [0, 0.1) is 11.6 Å². The SMILES string of the molecule is COc1cc(OC)c(F)c(COc2cnc(Nc3ccc(N4CCC(NCCCO)CC4)nc3)nc2)c1F. The number of aliphatic hydroxyl groups is 1. The number of aliphatic hydroxyl groups excluding tert-OH is 1. The summed E-state index contributed by atoms with van der Waals surface area (Å²) in [6, 6.07) is 5.47. The van der Waals surface area contributed by atoms with E-state index in [-0.39, 0.29) is 29.4 Å². The van der Waals surface area contributed by atoms with Crippen molar-refractivity contribution < 1.29 is 28.1 Å². The Kier molecular flexibility index (Phi) is 9.44. The predicted octanol–water partition coefficient (Wildman–Crippen LogP) is 3.43. The molecule has 0 atom stereocenters. The summed E-state index contributed by atoms with van der Waals surface area (Å²) in [5, 5.41) is 15.5. The van der Waals surface area contributed by atoms with Crippen LogP contribution in [0.25, 0.3) is 0 Å². The summed E-state index contributed by atoms with van der Waals surface area (Å²) in [5.41, 5.74) is 0.396. The van der Waals surface area contributed by atoms with Crippen LogP contribution < -0.4 is 29.7 Å². The van der Waals surface area contributed by atoms with E-state index in [4.69, 9.17) is 19.3 Å². The summed E-state index contributed by atoms with van der Waals surface area (Å²) < 4.78 is 44.4. The molecule has 0 spiro atoms. The maximum Gasteiger partial charge on any atom is 0.227 e. The number of hydrogen-bond acceptors (Lipinski definition) is 10. The van der Waals surface area contributed by atoms with Crippen LogP contribution in [-0.4, -0.2) is 66.6 Å². The molecular formula is C26H32F2N6O4. The van der Waals surface area contributed by atoms with Gasteiger partial charge < -0.3 is 34.9 Å². The monoisotopic (exact) mass is 530 g/mol. The van der Waals surface area contributed by atoms with Crippen molar-refractivity contribution in [2.45, 2.75) is 31.9 Å². The van der Waals surface area contributed by atoms with Crippen molar-refractivity contribution in [1.82, 2.24) is 20.3 Å². The number of aromatic nitrogens is 3. The zero-order valence-corrected chi connectivity index (χ0v) is 21.4. The Morgan fingerprint density at radius 2 is 1.68 bits per heavy atom. The van der Waals surface area contributed by atoms with Gasteiger partial charge in [0.2, 0.25) is 5.95 Å². The summed E-state index contributed by atoms with van der Waals surface area (Å²) in [6.45, 7) is 2.48. The number of rotatable bonds is 12. The standard InChI is InChI=1S/C26H32F2N6O4/c1-36-21-12-22(37-2)25(28)20(24(21)27)16-38-19-14-31-26(32-15-19)33-18-4-5-23(30-13-18)34-9-6-17(7-10-34)29-8-3-11-35/h4-5,12-15,17,29,35H,3,6-11,16H2,1-2H3,(H,31,32,33). The van der Waals surface area contributed by atoms with Crippen LogP contribution in [0.5, 0.6) is 17.2 Å². The first kappa shape index (κ1) is 27.3. The lowest BCUT2D eigenvalue weighted by Crippen LogP contribution is -2.43. The highest BCUT2D eigenvalue weighted by molar-refractivity contribution is 5.55. The Labute approximate surface area is 220 Å². The smallest absolute Gasteiger partial charge is 0.227 e. The molecule has 10 nitrogen and oxygen atoms in total. The molecule has 1 saturated heterocycles. The summed E-state index contributed by atoms with van der Waals surface area (Å²) in [5.74, 6) is -0.551. The molecule has 38 heavy (non-hydrogen) atoms. The Hall–Kier alpha value is -3.77. The summed E-state index contributed by atoms with van der Waals surface area (Å²) >= 11 is 0. The minimum Gasteiger partial charge on any atom is -0.494 e. The number of piperidine rings is 1. The number of pyridine rings is 1. The fourth-order valence-electron chi connectivity index (χ4n) is 4.15. The van der Waals surface area contributed by atoms with Gasteiger partial charge >= 0.3 is 0 Å². The van der Waals surface area contributed by atoms with Crippen LogP contribution >= 0.6 is 0 Å². The van der Waals surface area contributed by atoms with E-state index in [1.54, 1.807) is 6.20 Å². The molecule has 4 rings (SSSR count). The highest BCUT2D eigenvalue weighted by Crippen LogP contribution is 2.32. The number of ether oxygens (including phenoxy) is 3. The van der Waals surface area contributed by atoms with E-state index in [9.17, 15) is 8.78 Å². The lowest BCUT2D eigenvalue weighted by atomic mass is 10.0. The molecule has 0 unspecified atom stereocenters. The summed E-state index contributed by atoms with van der Waals surface area (Å²) in [6.07, 6.45) is 7.36. The van der Waals surface area contributed by atoms with Gasteiger partial charge in [-0.2, -0.15) is 0 Å². The second-order valence-corrected chi connectivity index (χ2v) is 8.74. The van der Waals surface area contributed by atoms with Crippen LogP contribution in [-0.2, 0) is 6.61 Å². The second kappa shape index (κ2) is 13.2. The molecule has 0 radical (unpaired) electrons. The van der Waals surface area contributed by atoms with Crippen molar-refractivity contribution in [3.63, 3.8) is 0 Å². The Balaban J connectivity index is 1.30. The Bertz CT molecular complexity index is 1150. The molecule has 0 saturated carbocycles. The molecule has 3 heterocycles. The summed E-state index contributed by atoms with van der Waals surface area (Å²) in [4.78, 5) is 15.2. The third-order valence-electron chi connectivity index (χ3n) is 6.27. The predicted molar refractivity (Wildman–Crippen MR) is 138 cm³/mol. The number of methoxy groups -OCH3 is 2. The van der Waals surface area contributed by atoms with Gasteiger partial charge in [-0.1, -0.05) is 0 Å². The number of nitrogens with one attached hydrogen (secondary N) is 2. The van der Waals surface area contributed by atoms with Gasteiger partial charge in [0.05, 0.1) is 44.1 Å². The van der Waals surface area contributed by atoms with E-state index >= 15 is 0 Å². The van der Waals surface area contributed by atoms with Gasteiger partial charge in [-0.3, -0.25) is 0 Å². The van der Waals surface area contributed by atoms with Gasteiger partial charge in [0.15, 0.2) is 28.9 Å². The largest absolute Gasteiger partial charge is 0.494 e. The van der Waals surface area contributed by atoms with Gasteiger partial charge in [-0.15, -0.1) is 0 Å². The third kappa shape index (κ3) is 6.75. The fraction of sp³-hybridized carbons (Fsp3) is 0.423. The first-order valence-corrected chi connectivity index (χ1v) is 12.4. The maximum atomic E-state index is 14.5. The van der Waals surface area contributed by atoms with Gasteiger partial charge in [0.1, 0.15) is 12.4 Å². The van der Waals surface area contributed by atoms with E-state index in [0.29, 0.717) is 12.0 Å². The third-order valence-corrected chi connectivity index (χ3v) is 6.27. The van der Waals surface area contributed by atoms with Crippen LogP contribution in [0.3, 0.4) is 0 Å². The normalized spacial score (nSPS) is 13.9. The molecule has 3 aromatic rings. The van der Waals surface area contributed by atoms with Gasteiger partial charge in [-0.25, -0.2) is 23.7 Å². The molecule has 1 fully saturated rings. The van der Waals surface area contributed by atoms with E-state index in [0.717, 1.165) is 56.5 Å². The first-order valence-electron chi connectivity index (χ1n) is 12.4. The van der Waals surface area contributed by atoms with Gasteiger partial charge in [0.25, 0.3) is 0 Å². The van der Waals surface area contributed by atoms with Gasteiger partial charge in [0, 0.05) is 31.8 Å².